The van der Waals surface area contributed by atoms with Crippen LogP contribution in [0.4, 0.5) is 0 Å². The number of nitrogens with two attached hydrogens (primary N) is 1. The minimum absolute atomic E-state index is 0.143. The molecule has 0 radical (unpaired) electrons. The minimum atomic E-state index is -1.10. The Morgan fingerprint density at radius 2 is 2.55 bits per heavy atom. The summed E-state index contributed by atoms with van der Waals surface area (Å²) in [5.74, 6) is 5.36. The van der Waals surface area contributed by atoms with Gasteiger partial charge < -0.3 is 9.84 Å². The third-order valence-corrected chi connectivity index (χ3v) is 1.50. The van der Waals surface area contributed by atoms with Gasteiger partial charge in [-0.2, -0.15) is 5.12 Å². The Labute approximate surface area is 62.1 Å². The van der Waals surface area contributed by atoms with Crippen molar-refractivity contribution in [1.82, 2.24) is 10.0 Å². The molecule has 0 bridgehead atoms. The van der Waals surface area contributed by atoms with Gasteiger partial charge in [0.2, 0.25) is 6.35 Å². The average molecular weight is 157 g/mol. The van der Waals surface area contributed by atoms with Crippen molar-refractivity contribution in [1.29, 1.82) is 5.41 Å². The predicted molar refractivity (Wildman–Crippen MR) is 35.0 cm³/mol. The van der Waals surface area contributed by atoms with Crippen LogP contribution in [0.2, 0.25) is 0 Å². The van der Waals surface area contributed by atoms with Crippen LogP contribution in [0.1, 0.15) is 0 Å². The molecular formula is C4H7N5O2. The zero-order valence-corrected chi connectivity index (χ0v) is 5.56. The van der Waals surface area contributed by atoms with Crippen LogP contribution >= 0.6 is 0 Å². The summed E-state index contributed by atoms with van der Waals surface area (Å²) in [5.41, 5.74) is 0. The molecule has 4 N–H and O–H groups in total. The van der Waals surface area contributed by atoms with Crippen molar-refractivity contribution in [2.24, 2.45) is 10.9 Å². The third-order valence-electron chi connectivity index (χ3n) is 1.50. The first-order valence-corrected chi connectivity index (χ1v) is 3.00. The number of rotatable bonds is 0. The van der Waals surface area contributed by atoms with Gasteiger partial charge in [0.25, 0.3) is 0 Å². The lowest BCUT2D eigenvalue weighted by Gasteiger charge is -2.17. The van der Waals surface area contributed by atoms with E-state index in [1.807, 2.05) is 0 Å². The number of hydrogen-bond acceptors (Lipinski definition) is 6. The van der Waals surface area contributed by atoms with Crippen molar-refractivity contribution < 1.29 is 9.84 Å². The lowest BCUT2D eigenvalue weighted by atomic mass is 10.6. The molecule has 1 atom stereocenters. The highest BCUT2D eigenvalue weighted by atomic mass is 16.5. The minimum Gasteiger partial charge on any atom is -0.455 e. The van der Waals surface area contributed by atoms with Crippen LogP contribution in [0, 0.1) is 5.41 Å². The van der Waals surface area contributed by atoms with E-state index in [4.69, 9.17) is 16.0 Å². The first-order chi connectivity index (χ1) is 5.20. The van der Waals surface area contributed by atoms with E-state index in [-0.39, 0.29) is 18.5 Å². The van der Waals surface area contributed by atoms with Crippen LogP contribution in [-0.2, 0) is 4.74 Å². The molecule has 11 heavy (non-hydrogen) atoms. The van der Waals surface area contributed by atoms with E-state index in [1.54, 1.807) is 0 Å². The summed E-state index contributed by atoms with van der Waals surface area (Å²) >= 11 is 0. The van der Waals surface area contributed by atoms with Gasteiger partial charge in [-0.15, -0.1) is 5.10 Å². The Balaban J connectivity index is 2.31. The quantitative estimate of drug-likeness (QED) is 0.354. The number of aliphatic hydroxyl groups is 1. The van der Waals surface area contributed by atoms with Gasteiger partial charge in [-0.05, 0) is 0 Å². The Morgan fingerprint density at radius 1 is 1.82 bits per heavy atom. The molecule has 7 heteroatoms. The van der Waals surface area contributed by atoms with Gasteiger partial charge >= 0.3 is 6.02 Å². The molecule has 1 unspecified atom stereocenters. The molecule has 0 aliphatic carbocycles. The van der Waals surface area contributed by atoms with Crippen LogP contribution in [0.5, 0.6) is 0 Å². The van der Waals surface area contributed by atoms with Crippen molar-refractivity contribution in [3.05, 3.63) is 0 Å². The number of amidine groups is 2. The maximum absolute atomic E-state index is 9.23. The summed E-state index contributed by atoms with van der Waals surface area (Å²) in [6.07, 6.45) is -1.10. The fourth-order valence-corrected chi connectivity index (χ4v) is 0.971. The number of aliphatic hydroxyl groups excluding tert-OH is 1. The number of nitrogens with zero attached hydrogens (tertiary/aromatic N) is 3. The fourth-order valence-electron chi connectivity index (χ4n) is 0.971. The van der Waals surface area contributed by atoms with Crippen LogP contribution < -0.4 is 5.84 Å². The largest absolute Gasteiger partial charge is 0.455 e. The Kier molecular flexibility index (Phi) is 1.06. The molecule has 0 amide bonds. The molecular weight excluding hydrogens is 150 g/mol. The van der Waals surface area contributed by atoms with Crippen LogP contribution in [0.15, 0.2) is 5.10 Å². The number of ether oxygens (including phenoxy) is 1. The molecule has 2 aliphatic heterocycles. The van der Waals surface area contributed by atoms with E-state index in [0.29, 0.717) is 0 Å². The van der Waals surface area contributed by atoms with Gasteiger partial charge in [-0.25, -0.2) is 10.7 Å². The van der Waals surface area contributed by atoms with E-state index < -0.39 is 6.35 Å². The highest BCUT2D eigenvalue weighted by Gasteiger charge is 2.40. The van der Waals surface area contributed by atoms with E-state index in [0.717, 1.165) is 5.12 Å². The summed E-state index contributed by atoms with van der Waals surface area (Å²) in [7, 11) is 0. The smallest absolute Gasteiger partial charge is 0.320 e. The number of nitrogens with one attached hydrogen (secondary N) is 1. The molecule has 60 valence electrons. The second kappa shape index (κ2) is 1.83. The molecule has 2 rings (SSSR count). The lowest BCUT2D eigenvalue weighted by Crippen LogP contribution is -2.45. The summed E-state index contributed by atoms with van der Waals surface area (Å²) in [6.45, 7) is 0.143. The van der Waals surface area contributed by atoms with Gasteiger partial charge in [-0.3, -0.25) is 5.41 Å². The lowest BCUT2D eigenvalue weighted by molar-refractivity contribution is -0.0343. The van der Waals surface area contributed by atoms with Crippen molar-refractivity contribution in [3.8, 4) is 0 Å². The van der Waals surface area contributed by atoms with E-state index in [1.165, 1.54) is 4.90 Å². The molecule has 0 aromatic heterocycles. The second-order valence-corrected chi connectivity index (χ2v) is 2.21. The average Bonchev–Trinajstić information content (AvgIpc) is 2.41. The van der Waals surface area contributed by atoms with Gasteiger partial charge in [0.1, 0.15) is 12.4 Å². The summed E-state index contributed by atoms with van der Waals surface area (Å²) < 4.78 is 4.90. The monoisotopic (exact) mass is 157 g/mol. The SMILES string of the molecule is N=C1COC2=NN(N)C(O)N12. The van der Waals surface area contributed by atoms with Crippen molar-refractivity contribution in [2.75, 3.05) is 6.61 Å². The topological polar surface area (TPSA) is 98.2 Å². The Bertz CT molecular complexity index is 239. The van der Waals surface area contributed by atoms with Crippen LogP contribution in [0.25, 0.3) is 0 Å². The van der Waals surface area contributed by atoms with Crippen molar-refractivity contribution in [2.45, 2.75) is 6.35 Å². The normalized spacial score (nSPS) is 28.7. The maximum Gasteiger partial charge on any atom is 0.320 e. The first-order valence-electron chi connectivity index (χ1n) is 3.00. The van der Waals surface area contributed by atoms with Gasteiger partial charge in [0.05, 0.1) is 0 Å². The maximum atomic E-state index is 9.23. The van der Waals surface area contributed by atoms with E-state index >= 15 is 0 Å². The highest BCUT2D eigenvalue weighted by molar-refractivity contribution is 6.02. The summed E-state index contributed by atoms with van der Waals surface area (Å²) in [4.78, 5) is 1.21. The zero-order chi connectivity index (χ0) is 8.01. The Morgan fingerprint density at radius 3 is 3.18 bits per heavy atom. The van der Waals surface area contributed by atoms with Gasteiger partial charge in [0, 0.05) is 0 Å². The summed E-state index contributed by atoms with van der Waals surface area (Å²) in [5, 5.41) is 21.0. The first kappa shape index (κ1) is 6.38. The molecule has 0 saturated carbocycles. The molecule has 1 fully saturated rings. The standard InChI is InChI=1S/C4H7N5O2/c5-2-1-11-3-7-9(6)4(10)8(2)3/h4-5,10H,1,6H2. The summed E-state index contributed by atoms with van der Waals surface area (Å²) in [6, 6.07) is 0.185. The molecule has 0 aromatic rings. The molecule has 1 saturated heterocycles. The number of hydrazine groups is 1. The number of hydrogen-bond donors (Lipinski definition) is 3. The molecule has 2 aliphatic rings. The van der Waals surface area contributed by atoms with Crippen LogP contribution in [0.3, 0.4) is 0 Å². The van der Waals surface area contributed by atoms with Crippen molar-refractivity contribution in [3.63, 3.8) is 0 Å². The molecule has 7 nitrogen and oxygen atoms in total. The second-order valence-electron chi connectivity index (χ2n) is 2.21. The third kappa shape index (κ3) is 0.686. The van der Waals surface area contributed by atoms with Crippen molar-refractivity contribution >= 4 is 11.9 Å². The van der Waals surface area contributed by atoms with Crippen LogP contribution in [-0.4, -0.2) is 39.9 Å². The Hall–Kier alpha value is -1.34. The fraction of sp³-hybridized carbons (Fsp3) is 0.500. The number of hydrazone groups is 1. The van der Waals surface area contributed by atoms with Gasteiger partial charge in [0.15, 0.2) is 0 Å². The number of fused-ring (bicyclic) bond motifs is 1. The van der Waals surface area contributed by atoms with Gasteiger partial charge in [-0.1, -0.05) is 0 Å². The zero-order valence-electron chi connectivity index (χ0n) is 5.56. The molecule has 2 heterocycles. The van der Waals surface area contributed by atoms with E-state index in [9.17, 15) is 5.11 Å². The highest BCUT2D eigenvalue weighted by Crippen LogP contribution is 2.16. The van der Waals surface area contributed by atoms with E-state index in [2.05, 4.69) is 5.10 Å². The molecule has 0 spiro atoms. The predicted octanol–water partition coefficient (Wildman–Crippen LogP) is -1.97. The molecule has 0 aromatic carbocycles.